The van der Waals surface area contributed by atoms with Gasteiger partial charge in [-0.15, -0.1) is 0 Å². The Morgan fingerprint density at radius 2 is 0.884 bits per heavy atom. The van der Waals surface area contributed by atoms with E-state index >= 15 is 0 Å². The van der Waals surface area contributed by atoms with Crippen LogP contribution in [0.3, 0.4) is 0 Å². The molecule has 0 spiro atoms. The second-order valence-corrected chi connectivity index (χ2v) is 33.3. The van der Waals surface area contributed by atoms with Gasteiger partial charge in [0.05, 0.1) is 49.8 Å². The van der Waals surface area contributed by atoms with Crippen molar-refractivity contribution in [2.24, 2.45) is 11.8 Å². The summed E-state index contributed by atoms with van der Waals surface area (Å²) in [5.41, 5.74) is -3.95. The first kappa shape index (κ1) is 75.5. The van der Waals surface area contributed by atoms with Gasteiger partial charge in [-0.3, -0.25) is 22.7 Å². The highest BCUT2D eigenvalue weighted by Crippen LogP contribution is 2.48. The summed E-state index contributed by atoms with van der Waals surface area (Å²) in [6.45, 7) is 12.8. The van der Waals surface area contributed by atoms with Crippen molar-refractivity contribution in [1.29, 1.82) is 0 Å². The Hall–Kier alpha value is -4.02. The van der Waals surface area contributed by atoms with E-state index < -0.39 is 286 Å². The molecule has 0 saturated carbocycles. The number of halogens is 3. The number of aliphatic hydroxyl groups is 8. The fourth-order valence-electron chi connectivity index (χ4n) is 13.5. The Labute approximate surface area is 660 Å². The van der Waals surface area contributed by atoms with Gasteiger partial charge in [-0.2, -0.15) is 30.0 Å². The van der Waals surface area contributed by atoms with E-state index in [9.17, 15) is 59.7 Å². The van der Waals surface area contributed by atoms with Crippen molar-refractivity contribution in [2.75, 3.05) is 13.2 Å². The molecule has 7 unspecified atom stereocenters. The number of carbonyl (C=O) groups is 3. The second-order valence-electron chi connectivity index (χ2n) is 30.2. The molecule has 36 nitrogen and oxygen atoms in total. The molecule has 112 heavy (non-hydrogen) atoms. The highest BCUT2D eigenvalue weighted by Gasteiger charge is 2.63. The maximum Gasteiger partial charge on any atom is 0.523 e. The predicted molar refractivity (Wildman–Crippen MR) is 366 cm³/mol. The maximum absolute atomic E-state index is 12.8. The van der Waals surface area contributed by atoms with E-state index in [0.29, 0.717) is 11.1 Å². The molecule has 13 aliphatic heterocycles. The molecule has 0 amide bonds. The fourth-order valence-corrected chi connectivity index (χ4v) is 14.9. The Kier molecular flexibility index (Phi) is 22.7. The number of aryl methyl sites for hydroxylation is 1. The average Bonchev–Trinajstić information content (AvgIpc) is 1.57. The third-order valence-electron chi connectivity index (χ3n) is 18.6. The lowest BCUT2D eigenvalue weighted by atomic mass is 9.82. The molecule has 8 N–H and O–H groups in total. The molecule has 1 aliphatic carbocycles. The molecule has 0 radical (unpaired) electrons. The summed E-state index contributed by atoms with van der Waals surface area (Å²) < 4.78 is 275. The molecular formula is C71H103F3O36S2. The number of hydrogen-bond acceptors (Lipinski definition) is 36. The van der Waals surface area contributed by atoms with Crippen LogP contribution in [0.15, 0.2) is 53.4 Å². The van der Waals surface area contributed by atoms with Gasteiger partial charge in [0.25, 0.3) is 10.1 Å². The number of hydrogen-bond donors (Lipinski definition) is 8. The fraction of sp³-hybridized carbons (Fsp3) is 0.789. The van der Waals surface area contributed by atoms with Crippen molar-refractivity contribution in [2.45, 2.75) is 336 Å². The van der Waals surface area contributed by atoms with Crippen molar-refractivity contribution in [3.63, 3.8) is 0 Å². The Bertz CT molecular complexity index is 4120. The smallest absolute Gasteiger partial charge is 0.394 e. The standard InChI is InChI=1S/C17H18O5.C15H20O7S.C9H13F3O6S.2C8H14O4.C8H12O4.C6H12O6/c1-8-11(15-16(20-8)22-17(2,3)21-15)12-13(18)9-6-4-5-7-10(9)14(12)19;1-9-4-6-10(7-5-9)23(17,18)19-8-11-12(16)13-14(20-11)22-15(2,3)21-13;1-4-5(18-19(13,14)9(10,11)12)6-7(15-4)17-8(2,3)16-6;3*1-4-5(9)6-7(10-4)12-8(2,3)11-6;7-1-2-3(8)4(9)5(10)6(11)12-2/h4-8,11-12,15-16H,1-3H3;4-7,11-14,16H,8H2,1-3H3;4-7H,1-3H3;2*4-7,9H,1-3H3;4,6-7H,1-3H3;2-11H,1H2/t8-,11?,15+,16-;11-,12?,13+,14-;3*4-,5?,6+,7-;4-,6+,7-;2?,3-,4-,5?,6+/m1111111/s1/i1D2;8D;4*1D2;/tm;8-,11+,12?,13-,14+;4m;/m101111.. The number of benzene rings is 2. The normalized spacial score (nSPS) is 43.3. The molecule has 13 saturated heterocycles. The first-order chi connectivity index (χ1) is 56.5. The lowest BCUT2D eigenvalue weighted by molar-refractivity contribution is -0.286. The number of ether oxygens (including phenoxy) is 19. The number of ketones is 3. The van der Waals surface area contributed by atoms with Crippen molar-refractivity contribution < 1.29 is 199 Å². The molecule has 16 rings (SSSR count). The minimum absolute atomic E-state index is 0.0633. The van der Waals surface area contributed by atoms with Gasteiger partial charge in [-0.1, -0.05) is 42.0 Å². The molecule has 636 valence electrons. The third kappa shape index (κ3) is 20.1. The number of aliphatic hydroxyl groups excluding tert-OH is 8. The summed E-state index contributed by atoms with van der Waals surface area (Å²) in [5.74, 6) is -7.99. The van der Waals surface area contributed by atoms with Gasteiger partial charge in [0.1, 0.15) is 91.6 Å². The van der Waals surface area contributed by atoms with Crippen LogP contribution in [-0.4, -0.2) is 295 Å². The zero-order valence-corrected chi connectivity index (χ0v) is 64.1. The molecule has 0 aromatic heterocycles. The van der Waals surface area contributed by atoms with Gasteiger partial charge < -0.3 is 131 Å². The van der Waals surface area contributed by atoms with E-state index in [4.69, 9.17) is 130 Å². The van der Waals surface area contributed by atoms with Gasteiger partial charge in [0.2, 0.25) is 0 Å². The van der Waals surface area contributed by atoms with Crippen molar-refractivity contribution in [1.82, 2.24) is 0 Å². The minimum atomic E-state index is -5.91. The largest absolute Gasteiger partial charge is 0.523 e. The quantitative estimate of drug-likeness (QED) is 0.106. The van der Waals surface area contributed by atoms with Crippen LogP contribution in [0.2, 0.25) is 0 Å². The number of fused-ring (bicyclic) bond motifs is 7. The zero-order valence-electron chi connectivity index (χ0n) is 73.5. The van der Waals surface area contributed by atoms with Crippen LogP contribution in [0, 0.1) is 18.8 Å². The van der Waals surface area contributed by atoms with E-state index in [1.807, 2.05) is 6.92 Å². The predicted octanol–water partition coefficient (Wildman–Crippen LogP) is 1.97. The summed E-state index contributed by atoms with van der Waals surface area (Å²) in [4.78, 5) is 37.1. The second kappa shape index (κ2) is 33.6. The molecule has 13 heterocycles. The SMILES string of the molecule is OCC1O[C@H](O)C(O)[C@H](O)[C@@H]1O.[2H]C([2H])[C@H]1O[C@@H]2OC(C)(C)O[C@H]2C1=O.[2H]C([2H])[C@H]1O[C@@H]2OC(C)(C)O[C@H]2C1C1C(=O)c2ccccc2C1=O.[2H]C([2H])[C@H]1O[C@@H]2OC(C)(C)O[C@H]2C1O.[2H]C([2H])[C@H]1O[C@@H]2OC(C)(C)O[C@H]2C1O.[2H]C([2H])[C@H]1O[C@@H]2OC(C)(C)O[C@H]2C1OS(=O)(=O)C(F)(F)F.[2H][C@H](OS(=O)(=O)c1ccc(C)cc1)[C@H]1O[C@@H]2OC(C)(C)O[C@H]2C1O. The molecule has 29 atom stereocenters. The number of carbonyl (C=O) groups excluding carboxylic acids is 3. The average molecular weight is 1660 g/mol. The third-order valence-corrected chi connectivity index (χ3v) is 20.9. The van der Waals surface area contributed by atoms with E-state index in [1.165, 1.54) is 26.0 Å². The Balaban J connectivity index is 0.000000153. The first-order valence-electron chi connectivity index (χ1n) is 41.3. The van der Waals surface area contributed by atoms with Crippen molar-refractivity contribution in [3.8, 4) is 0 Å². The van der Waals surface area contributed by atoms with Crippen LogP contribution in [0.25, 0.3) is 0 Å². The molecule has 0 bridgehead atoms. The number of Topliss-reactive ketones (excluding diaryl/α,β-unsaturated/α-hetero) is 3. The molecule has 2 aromatic carbocycles. The summed E-state index contributed by atoms with van der Waals surface area (Å²) in [5, 5.41) is 74.3. The zero-order chi connectivity index (χ0) is 92.0. The molecular weight excluding hydrogens is 1550 g/mol. The van der Waals surface area contributed by atoms with Crippen LogP contribution in [-0.2, 0) is 123 Å². The highest BCUT2D eigenvalue weighted by molar-refractivity contribution is 7.87. The number of alkyl halides is 3. The lowest BCUT2D eigenvalue weighted by Gasteiger charge is -2.37. The van der Waals surface area contributed by atoms with E-state index in [2.05, 4.69) is 8.92 Å². The van der Waals surface area contributed by atoms with Gasteiger partial charge in [-0.25, -0.2) is 0 Å². The molecule has 14 aliphatic rings. The van der Waals surface area contributed by atoms with Crippen LogP contribution < -0.4 is 0 Å². The van der Waals surface area contributed by atoms with Crippen LogP contribution in [0.4, 0.5) is 13.2 Å². The molecule has 41 heteroatoms. The topological polar surface area (TPSA) is 475 Å². The van der Waals surface area contributed by atoms with Gasteiger partial charge >= 0.3 is 15.6 Å². The minimum Gasteiger partial charge on any atom is -0.394 e. The summed E-state index contributed by atoms with van der Waals surface area (Å²) in [7, 11) is -10.0. The monoisotopic (exact) mass is 1660 g/mol. The number of rotatable bonds is 8. The van der Waals surface area contributed by atoms with Gasteiger partial charge in [-0.05, 0) is 137 Å². The van der Waals surface area contributed by atoms with Gasteiger partial charge in [0.15, 0.2) is 102 Å². The molecule has 2 aromatic rings. The summed E-state index contributed by atoms with van der Waals surface area (Å²) in [6.07, 6.45) is -27.9. The maximum atomic E-state index is 12.8. The van der Waals surface area contributed by atoms with Crippen molar-refractivity contribution in [3.05, 3.63) is 65.2 Å². The van der Waals surface area contributed by atoms with E-state index in [1.54, 1.807) is 106 Å². The lowest BCUT2D eigenvalue weighted by Crippen LogP contribution is -2.58. The van der Waals surface area contributed by atoms with Gasteiger partial charge in [0, 0.05) is 30.8 Å². The van der Waals surface area contributed by atoms with Crippen LogP contribution in [0.5, 0.6) is 0 Å². The molecule has 13 fully saturated rings. The van der Waals surface area contributed by atoms with E-state index in [-0.39, 0.29) is 22.2 Å². The first-order valence-corrected chi connectivity index (χ1v) is 37.8. The summed E-state index contributed by atoms with van der Waals surface area (Å²) in [6, 6.07) is 12.7. The highest BCUT2D eigenvalue weighted by atomic mass is 32.2. The van der Waals surface area contributed by atoms with E-state index in [0.717, 1.165) is 5.56 Å². The summed E-state index contributed by atoms with van der Waals surface area (Å²) >= 11 is 0. The van der Waals surface area contributed by atoms with Crippen LogP contribution >= 0.6 is 0 Å². The van der Waals surface area contributed by atoms with Crippen LogP contribution in [0.1, 0.15) is 159 Å². The van der Waals surface area contributed by atoms with Crippen molar-refractivity contribution >= 4 is 37.6 Å². The Morgan fingerprint density at radius 3 is 1.33 bits per heavy atom. The Morgan fingerprint density at radius 1 is 0.464 bits per heavy atom.